The molecule has 1 atom stereocenters. The molecule has 3 aliphatic heterocycles. The molecule has 0 bridgehead atoms. The third-order valence-corrected chi connectivity index (χ3v) is 14.0. The monoisotopic (exact) mass is 902 g/mol. The molecule has 0 radical (unpaired) electrons. The number of carbonyl (C=O) groups is 3. The number of halogens is 1. The maximum atomic E-state index is 15.3. The molecule has 4 aromatic heterocycles. The number of nitrogens with zero attached hydrogens (tertiary/aromatic N) is 10. The number of benzene rings is 1. The molecule has 4 N–H and O–H groups in total. The van der Waals surface area contributed by atoms with Gasteiger partial charge in [0.25, 0.3) is 0 Å². The zero-order valence-electron chi connectivity index (χ0n) is 37.5. The summed E-state index contributed by atoms with van der Waals surface area (Å²) in [5.74, 6) is 1.59. The molecule has 5 aliphatic rings. The highest BCUT2D eigenvalue weighted by atomic mass is 19.1. The Morgan fingerprint density at radius 3 is 2.41 bits per heavy atom. The molecule has 1 aromatic carbocycles. The minimum absolute atomic E-state index is 0.0317. The number of fused-ring (bicyclic) bond motifs is 1. The van der Waals surface area contributed by atoms with E-state index in [1.165, 1.54) is 18.1 Å². The lowest BCUT2D eigenvalue weighted by molar-refractivity contribution is -0.532. The maximum absolute atomic E-state index is 15.3. The second-order valence-electron chi connectivity index (χ2n) is 18.7. The zero-order chi connectivity index (χ0) is 45.5. The SMILES string of the molecule is CC(C)n1nc(-c2noc(C3CC3)c2-c2ncc(C3CCN(C(=O)OCCC4CCC(=[N+]5CCN(c6ccc(N[C@@H]7CCC(=O)NC7=O)cc6F)CC5)CC4)CC3)cn2)c2c(N)ncnc21. The molecule has 346 valence electrons. The largest absolute Gasteiger partial charge is 0.449 e. The minimum atomic E-state index is -0.556. The van der Waals surface area contributed by atoms with Crippen molar-refractivity contribution in [3.8, 4) is 22.8 Å². The molecule has 0 unspecified atom stereocenters. The van der Waals surface area contributed by atoms with Gasteiger partial charge in [-0.2, -0.15) is 5.10 Å². The first kappa shape index (κ1) is 43.4. The van der Waals surface area contributed by atoms with Crippen LogP contribution in [0, 0.1) is 11.7 Å². The molecule has 5 aromatic rings. The number of hydrogen-bond donors (Lipinski definition) is 3. The van der Waals surface area contributed by atoms with Crippen LogP contribution in [0.25, 0.3) is 33.8 Å². The number of rotatable bonds is 11. The molecule has 5 fully saturated rings. The van der Waals surface area contributed by atoms with Gasteiger partial charge < -0.3 is 30.1 Å². The van der Waals surface area contributed by atoms with E-state index in [1.54, 1.807) is 12.1 Å². The Kier molecular flexibility index (Phi) is 12.1. The van der Waals surface area contributed by atoms with E-state index in [1.807, 2.05) is 35.8 Å². The van der Waals surface area contributed by atoms with Gasteiger partial charge in [0.15, 0.2) is 36.0 Å². The van der Waals surface area contributed by atoms with Crippen LogP contribution >= 0.6 is 0 Å². The molecule has 3 amide bonds. The van der Waals surface area contributed by atoms with Crippen molar-refractivity contribution >= 4 is 51.8 Å². The Balaban J connectivity index is 0.673. The van der Waals surface area contributed by atoms with Crippen molar-refractivity contribution in [2.45, 2.75) is 108 Å². The minimum Gasteiger partial charge on any atom is -0.449 e. The average Bonchev–Trinajstić information content (AvgIpc) is 3.95. The quantitative estimate of drug-likeness (QED) is 0.0994. The van der Waals surface area contributed by atoms with E-state index in [-0.39, 0.29) is 48.0 Å². The first-order valence-corrected chi connectivity index (χ1v) is 23.5. The fourth-order valence-electron chi connectivity index (χ4n) is 10.1. The molecule has 2 aliphatic carbocycles. The van der Waals surface area contributed by atoms with Crippen LogP contribution in [0.4, 0.5) is 26.4 Å². The van der Waals surface area contributed by atoms with Crippen molar-refractivity contribution in [2.24, 2.45) is 5.92 Å². The standard InChI is InChI=1S/C47H56FN13O5/c1-27(2)61-45-39(43(49)52-26-53-45)40(56-61)41-38(42(66-57-41)30-5-6-30)44-50-24-31(25-51-44)29-13-16-60(17-14-29)47(64)65-22-15-28-3-8-33(9-4-28)58-18-20-59(21-19-58)36-11-7-32(23-34(36)48)54-35-10-12-37(62)55-46(35)63/h7,11,23-30,35,54H,3-6,8-10,12-22H2,1-2H3,(H2-,49,52,53,55,56,62,63)/p+1/t35-/m1/s1. The van der Waals surface area contributed by atoms with E-state index in [2.05, 4.69) is 35.2 Å². The number of aromatic nitrogens is 7. The lowest BCUT2D eigenvalue weighted by Crippen LogP contribution is -2.47. The molecule has 7 heterocycles. The Hall–Kier alpha value is -6.53. The molecule has 10 rings (SSSR count). The number of piperazine rings is 1. The van der Waals surface area contributed by atoms with Crippen LogP contribution in [0.15, 0.2) is 41.4 Å². The van der Waals surface area contributed by atoms with Gasteiger partial charge >= 0.3 is 6.09 Å². The number of nitrogens with one attached hydrogen (secondary N) is 2. The number of amides is 3. The van der Waals surface area contributed by atoms with Gasteiger partial charge in [-0.1, -0.05) is 5.16 Å². The molecule has 0 spiro atoms. The summed E-state index contributed by atoms with van der Waals surface area (Å²) >= 11 is 0. The Morgan fingerprint density at radius 1 is 0.955 bits per heavy atom. The fourth-order valence-corrected chi connectivity index (χ4v) is 10.1. The van der Waals surface area contributed by atoms with Crippen LogP contribution in [-0.2, 0) is 14.3 Å². The number of anilines is 3. The number of imide groups is 1. The van der Waals surface area contributed by atoms with E-state index in [9.17, 15) is 14.4 Å². The summed E-state index contributed by atoms with van der Waals surface area (Å²) in [5.41, 5.74) is 12.4. The van der Waals surface area contributed by atoms with Crippen LogP contribution in [0.1, 0.15) is 114 Å². The van der Waals surface area contributed by atoms with Gasteiger partial charge in [-0.15, -0.1) is 0 Å². The predicted molar refractivity (Wildman–Crippen MR) is 243 cm³/mol. The van der Waals surface area contributed by atoms with Gasteiger partial charge in [-0.25, -0.2) is 38.4 Å². The second-order valence-corrected chi connectivity index (χ2v) is 18.7. The van der Waals surface area contributed by atoms with E-state index >= 15 is 4.39 Å². The first-order chi connectivity index (χ1) is 32.1. The van der Waals surface area contributed by atoms with Crippen molar-refractivity contribution in [1.29, 1.82) is 0 Å². The molecule has 18 nitrogen and oxygen atoms in total. The van der Waals surface area contributed by atoms with E-state index in [0.717, 1.165) is 101 Å². The van der Waals surface area contributed by atoms with Crippen molar-refractivity contribution in [2.75, 3.05) is 61.8 Å². The van der Waals surface area contributed by atoms with Crippen LogP contribution in [0.5, 0.6) is 0 Å². The molecular weight excluding hydrogens is 846 g/mol. The molecule has 19 heteroatoms. The van der Waals surface area contributed by atoms with Crippen molar-refractivity contribution in [3.63, 3.8) is 0 Å². The predicted octanol–water partition coefficient (Wildman–Crippen LogP) is 6.21. The Labute approximate surface area is 381 Å². The first-order valence-electron chi connectivity index (χ1n) is 23.5. The lowest BCUT2D eigenvalue weighted by atomic mass is 9.85. The van der Waals surface area contributed by atoms with Gasteiger partial charge in [0.1, 0.15) is 35.4 Å². The Bertz CT molecular complexity index is 2650. The highest BCUT2D eigenvalue weighted by molar-refractivity contribution is 6.02. The summed E-state index contributed by atoms with van der Waals surface area (Å²) in [6, 6.07) is 4.47. The Morgan fingerprint density at radius 2 is 1.71 bits per heavy atom. The molecule has 66 heavy (non-hydrogen) atoms. The summed E-state index contributed by atoms with van der Waals surface area (Å²) in [5, 5.41) is 15.4. The van der Waals surface area contributed by atoms with Gasteiger partial charge in [-0.3, -0.25) is 14.9 Å². The number of carbonyl (C=O) groups excluding carboxylic acids is 3. The van der Waals surface area contributed by atoms with Gasteiger partial charge in [0.2, 0.25) is 11.8 Å². The number of nitrogen functional groups attached to an aromatic ring is 1. The summed E-state index contributed by atoms with van der Waals surface area (Å²) in [6.45, 7) is 8.82. The average molecular weight is 903 g/mol. The third-order valence-electron chi connectivity index (χ3n) is 14.0. The molecular formula is C47H57FN13O5+. The van der Waals surface area contributed by atoms with Gasteiger partial charge in [0, 0.05) is 62.4 Å². The molecule has 2 saturated carbocycles. The number of piperidine rings is 2. The highest BCUT2D eigenvalue weighted by Gasteiger charge is 2.37. The van der Waals surface area contributed by atoms with Crippen molar-refractivity contribution < 1.29 is 32.6 Å². The van der Waals surface area contributed by atoms with Gasteiger partial charge in [-0.05, 0) is 101 Å². The summed E-state index contributed by atoms with van der Waals surface area (Å²) < 4.78 is 31.3. The van der Waals surface area contributed by atoms with Crippen LogP contribution in [-0.4, -0.2) is 120 Å². The summed E-state index contributed by atoms with van der Waals surface area (Å²) in [4.78, 5) is 59.1. The topological polar surface area (TPSA) is 215 Å². The van der Waals surface area contributed by atoms with Crippen LogP contribution < -0.4 is 21.3 Å². The third kappa shape index (κ3) is 8.90. The summed E-state index contributed by atoms with van der Waals surface area (Å²) in [7, 11) is 0. The maximum Gasteiger partial charge on any atom is 0.409 e. The smallest absolute Gasteiger partial charge is 0.409 e. The van der Waals surface area contributed by atoms with Crippen LogP contribution in [0.3, 0.4) is 0 Å². The van der Waals surface area contributed by atoms with E-state index in [0.29, 0.717) is 77.5 Å². The summed E-state index contributed by atoms with van der Waals surface area (Å²) in [6.07, 6.45) is 14.3. The normalized spacial score (nSPS) is 20.9. The number of likely N-dealkylation sites (tertiary alicyclic amines) is 1. The number of ether oxygens (including phenoxy) is 1. The number of hydrogen-bond acceptors (Lipinski definition) is 14. The lowest BCUT2D eigenvalue weighted by Gasteiger charge is -2.31. The zero-order valence-corrected chi connectivity index (χ0v) is 37.5. The highest BCUT2D eigenvalue weighted by Crippen LogP contribution is 2.48. The van der Waals surface area contributed by atoms with Crippen molar-refractivity contribution in [1.82, 2.24) is 45.1 Å². The van der Waals surface area contributed by atoms with E-state index in [4.69, 9.17) is 30.1 Å². The van der Waals surface area contributed by atoms with E-state index < -0.39 is 6.04 Å². The van der Waals surface area contributed by atoms with Crippen molar-refractivity contribution in [3.05, 3.63) is 54.1 Å². The second kappa shape index (κ2) is 18.4. The fraction of sp³-hybridized carbons (Fsp3) is 0.532. The van der Waals surface area contributed by atoms with Gasteiger partial charge in [0.05, 0.1) is 36.3 Å². The number of nitrogens with two attached hydrogens (primary N) is 1. The van der Waals surface area contributed by atoms with Crippen LogP contribution in [0.2, 0.25) is 0 Å². The molecule has 3 saturated heterocycles.